The van der Waals surface area contributed by atoms with E-state index in [9.17, 15) is 4.55 Å². The van der Waals surface area contributed by atoms with Crippen molar-refractivity contribution in [2.24, 2.45) is 0 Å². The average Bonchev–Trinajstić information content (AvgIpc) is 2.23. The first kappa shape index (κ1) is 16.6. The van der Waals surface area contributed by atoms with Crippen molar-refractivity contribution in [3.05, 3.63) is 57.7 Å². The number of benzene rings is 1. The molecule has 0 heterocycles. The molecule has 21 heavy (non-hydrogen) atoms. The van der Waals surface area contributed by atoms with Crippen LogP contribution in [-0.2, 0) is 26.3 Å². The molecule has 0 fully saturated rings. The van der Waals surface area contributed by atoms with Crippen LogP contribution in [0.2, 0.25) is 0 Å². The lowest BCUT2D eigenvalue weighted by atomic mass is 9.70. The van der Waals surface area contributed by atoms with Gasteiger partial charge in [0.2, 0.25) is 0 Å². The number of hydrogen-bond acceptors (Lipinski definition) is 2. The molecule has 1 aromatic carbocycles. The molecule has 1 aliphatic carbocycles. The molecule has 3 unspecified atom stereocenters. The van der Waals surface area contributed by atoms with Gasteiger partial charge >= 0.3 is 0 Å². The molecular weight excluding hydrogens is 296 g/mol. The second-order valence-electron chi connectivity index (χ2n) is 6.47. The Kier molecular flexibility index (Phi) is 4.57. The van der Waals surface area contributed by atoms with Crippen LogP contribution in [0.15, 0.2) is 35.4 Å². The van der Waals surface area contributed by atoms with E-state index in [2.05, 4.69) is 58.9 Å². The van der Waals surface area contributed by atoms with Gasteiger partial charge in [-0.15, -0.1) is 0 Å². The van der Waals surface area contributed by atoms with E-state index >= 15 is 0 Å². The van der Waals surface area contributed by atoms with Gasteiger partial charge in [-0.3, -0.25) is 0 Å². The Bertz CT molecular complexity index is 647. The van der Waals surface area contributed by atoms with Crippen molar-refractivity contribution in [2.45, 2.75) is 52.2 Å². The van der Waals surface area contributed by atoms with Crippen LogP contribution in [0.25, 0.3) is 0 Å². The smallest absolute Gasteiger partial charge is 0.0298 e. The fraction of sp³-hybridized carbons (Fsp3) is 0.444. The number of allylic oxidation sites excluding steroid dienone is 3. The predicted molar refractivity (Wildman–Crippen MR) is 94.8 cm³/mol. The van der Waals surface area contributed by atoms with E-state index < -0.39 is 9.74 Å². The summed E-state index contributed by atoms with van der Waals surface area (Å²) in [5.74, 6) is 0. The van der Waals surface area contributed by atoms with Gasteiger partial charge in [-0.2, -0.15) is 9.74 Å². The highest BCUT2D eigenvalue weighted by atomic mass is 32.8. The average molecular weight is 320 g/mol. The molecule has 0 spiro atoms. The topological polar surface area (TPSA) is 23.1 Å². The first-order chi connectivity index (χ1) is 9.66. The molecule has 0 radical (unpaired) electrons. The number of rotatable bonds is 2. The maximum absolute atomic E-state index is 12.3. The Morgan fingerprint density at radius 2 is 1.62 bits per heavy atom. The molecular formula is C18H23OS2-. The van der Waals surface area contributed by atoms with Crippen LogP contribution in [0, 0.1) is 20.8 Å². The standard InChI is InChI=1S/C18H24OS2/c1-11-7-13(3)16(14(4)8-11)18(6)10-12(2)9-15(5)17(18)21(19)20/h7-10,17H,1-6H3,(H,19,20)/p-1. The molecule has 0 bridgehead atoms. The second kappa shape index (κ2) is 5.79. The lowest BCUT2D eigenvalue weighted by Crippen LogP contribution is -2.41. The Hall–Kier alpha value is -0.770. The summed E-state index contributed by atoms with van der Waals surface area (Å²) in [6, 6.07) is 4.40. The highest BCUT2D eigenvalue weighted by Crippen LogP contribution is 2.43. The SMILES string of the molecule is CC1=CC(C)(c2c(C)cc(C)cc2C)C(S([O-])=S)C(C)=C1. The summed E-state index contributed by atoms with van der Waals surface area (Å²) in [4.78, 5) is 0. The molecule has 1 aliphatic rings. The summed E-state index contributed by atoms with van der Waals surface area (Å²) >= 11 is 5.18. The maximum Gasteiger partial charge on any atom is 0.0298 e. The van der Waals surface area contributed by atoms with Crippen molar-refractivity contribution in [3.8, 4) is 0 Å². The molecule has 0 amide bonds. The van der Waals surface area contributed by atoms with Gasteiger partial charge in [0.15, 0.2) is 0 Å². The van der Waals surface area contributed by atoms with Crippen LogP contribution < -0.4 is 0 Å². The van der Waals surface area contributed by atoms with Gasteiger partial charge in [0.05, 0.1) is 0 Å². The van der Waals surface area contributed by atoms with Crippen molar-refractivity contribution >= 4 is 20.9 Å². The van der Waals surface area contributed by atoms with E-state index in [0.29, 0.717) is 0 Å². The van der Waals surface area contributed by atoms with Gasteiger partial charge in [-0.25, -0.2) is 0 Å². The number of aryl methyl sites for hydroxylation is 3. The Morgan fingerprint density at radius 1 is 1.10 bits per heavy atom. The summed E-state index contributed by atoms with van der Waals surface area (Å²) in [5, 5.41) is -0.142. The molecule has 0 aromatic heterocycles. The summed E-state index contributed by atoms with van der Waals surface area (Å²) in [6.45, 7) is 12.7. The Labute approximate surface area is 135 Å². The van der Waals surface area contributed by atoms with Gasteiger partial charge in [0.25, 0.3) is 0 Å². The van der Waals surface area contributed by atoms with Gasteiger partial charge in [0, 0.05) is 10.7 Å². The van der Waals surface area contributed by atoms with E-state index in [1.807, 2.05) is 6.92 Å². The quantitative estimate of drug-likeness (QED) is 0.808. The van der Waals surface area contributed by atoms with Crippen molar-refractivity contribution in [3.63, 3.8) is 0 Å². The minimum Gasteiger partial charge on any atom is -0.794 e. The molecule has 1 aromatic rings. The van der Waals surface area contributed by atoms with E-state index in [4.69, 9.17) is 11.2 Å². The third-order valence-corrected chi connectivity index (χ3v) is 6.17. The molecule has 114 valence electrons. The molecule has 0 aliphatic heterocycles. The summed E-state index contributed by atoms with van der Waals surface area (Å²) in [6.07, 6.45) is 4.34. The van der Waals surface area contributed by atoms with Crippen molar-refractivity contribution in [2.75, 3.05) is 0 Å². The van der Waals surface area contributed by atoms with Crippen LogP contribution >= 0.6 is 0 Å². The summed E-state index contributed by atoms with van der Waals surface area (Å²) in [7, 11) is -1.32. The van der Waals surface area contributed by atoms with Crippen molar-refractivity contribution in [1.82, 2.24) is 0 Å². The lowest BCUT2D eigenvalue weighted by molar-refractivity contribution is 0.536. The van der Waals surface area contributed by atoms with Crippen LogP contribution in [0.4, 0.5) is 0 Å². The largest absolute Gasteiger partial charge is 0.794 e. The summed E-state index contributed by atoms with van der Waals surface area (Å²) < 4.78 is 12.3. The molecule has 3 heteroatoms. The van der Waals surface area contributed by atoms with Crippen molar-refractivity contribution < 1.29 is 4.55 Å². The fourth-order valence-corrected chi connectivity index (χ4v) is 6.10. The third-order valence-electron chi connectivity index (χ3n) is 4.35. The van der Waals surface area contributed by atoms with E-state index in [1.165, 1.54) is 27.8 Å². The minimum absolute atomic E-state index is 0.142. The third kappa shape index (κ3) is 2.92. The summed E-state index contributed by atoms with van der Waals surface area (Å²) in [5.41, 5.74) is 7.05. The van der Waals surface area contributed by atoms with Crippen molar-refractivity contribution in [1.29, 1.82) is 0 Å². The van der Waals surface area contributed by atoms with Crippen LogP contribution in [0.3, 0.4) is 0 Å². The predicted octanol–water partition coefficient (Wildman–Crippen LogP) is 4.35. The zero-order valence-electron chi connectivity index (χ0n) is 13.6. The lowest BCUT2D eigenvalue weighted by Gasteiger charge is -2.44. The zero-order chi connectivity index (χ0) is 15.9. The molecule has 0 saturated heterocycles. The zero-order valence-corrected chi connectivity index (χ0v) is 15.2. The first-order valence-corrected chi connectivity index (χ1v) is 9.34. The molecule has 0 N–H and O–H groups in total. The van der Waals surface area contributed by atoms with Crippen LogP contribution in [0.5, 0.6) is 0 Å². The van der Waals surface area contributed by atoms with E-state index in [0.717, 1.165) is 5.57 Å². The van der Waals surface area contributed by atoms with Gasteiger partial charge in [0.1, 0.15) is 0 Å². The highest BCUT2D eigenvalue weighted by Gasteiger charge is 2.38. The van der Waals surface area contributed by atoms with Crippen LogP contribution in [0.1, 0.15) is 43.0 Å². The first-order valence-electron chi connectivity index (χ1n) is 7.21. The second-order valence-corrected chi connectivity index (χ2v) is 8.45. The van der Waals surface area contributed by atoms with E-state index in [-0.39, 0.29) is 10.7 Å². The van der Waals surface area contributed by atoms with Gasteiger partial charge in [-0.1, -0.05) is 59.1 Å². The van der Waals surface area contributed by atoms with Gasteiger partial charge < -0.3 is 4.55 Å². The Morgan fingerprint density at radius 3 is 2.10 bits per heavy atom. The molecule has 3 atom stereocenters. The molecule has 0 saturated carbocycles. The maximum atomic E-state index is 12.3. The van der Waals surface area contributed by atoms with Gasteiger partial charge in [-0.05, 0) is 51.3 Å². The molecule has 1 nitrogen and oxygen atoms in total. The monoisotopic (exact) mass is 319 g/mol. The molecule has 2 rings (SSSR count). The fourth-order valence-electron chi connectivity index (χ4n) is 4.08. The van der Waals surface area contributed by atoms with E-state index in [1.54, 1.807) is 0 Å². The Balaban J connectivity index is 2.75. The van der Waals surface area contributed by atoms with Crippen LogP contribution in [-0.4, -0.2) is 9.80 Å². The normalized spacial score (nSPS) is 27.1. The highest BCUT2D eigenvalue weighted by molar-refractivity contribution is 8.26. The minimum atomic E-state index is -1.32. The number of hydrogen-bond donors (Lipinski definition) is 0.